The molecule has 1 heterocycles. The molecule has 0 fully saturated rings. The van der Waals surface area contributed by atoms with Crippen molar-refractivity contribution in [1.82, 2.24) is 15.1 Å². The van der Waals surface area contributed by atoms with Crippen LogP contribution in [-0.2, 0) is 4.79 Å². The summed E-state index contributed by atoms with van der Waals surface area (Å²) in [4.78, 5) is 11.9. The predicted octanol–water partition coefficient (Wildman–Crippen LogP) is 6.24. The van der Waals surface area contributed by atoms with Gasteiger partial charge in [0, 0.05) is 12.3 Å². The molecule has 1 N–H and O–H groups in total. The predicted molar refractivity (Wildman–Crippen MR) is 124 cm³/mol. The fourth-order valence-corrected chi connectivity index (χ4v) is 3.69. The third-order valence-electron chi connectivity index (χ3n) is 5.36. The highest BCUT2D eigenvalue weighted by Gasteiger charge is 2.35. The summed E-state index contributed by atoms with van der Waals surface area (Å²) in [6.45, 7) is 1.96. The Morgan fingerprint density at radius 3 is 2.46 bits per heavy atom. The summed E-state index contributed by atoms with van der Waals surface area (Å²) < 4.78 is 62.0. The molecule has 182 valence electrons. The molecule has 0 saturated carbocycles. The van der Waals surface area contributed by atoms with E-state index < -0.39 is 29.8 Å². The molecule has 3 aromatic carbocycles. The van der Waals surface area contributed by atoms with Gasteiger partial charge in [-0.15, -0.1) is 0 Å². The van der Waals surface area contributed by atoms with Gasteiger partial charge >= 0.3 is 5.92 Å². The Balaban J connectivity index is 1.66. The molecule has 0 radical (unpaired) electrons. The maximum absolute atomic E-state index is 14.2. The number of carbonyl (C=O) groups excluding carboxylic acids is 1. The quantitative estimate of drug-likeness (QED) is 0.303. The molecule has 0 bridgehead atoms. The number of carbonyl (C=O) groups is 1. The Labute approximate surface area is 203 Å². The summed E-state index contributed by atoms with van der Waals surface area (Å²) in [5.41, 5.74) is 1.66. The first-order valence-electron chi connectivity index (χ1n) is 10.6. The first-order chi connectivity index (χ1) is 16.5. The standard InChI is InChI=1S/C25H20ClF4N3O2/c1-14(32-24(34)25(2,29)30)23(15-3-9-20(26)21(28)12-15)35-19-8-10-22-16(11-19)13-31-33(22)18-6-4-17(27)5-7-18/h3-14,23H,1-2H3,(H,32,34)/t14-,23-/m0/s1. The van der Waals surface area contributed by atoms with E-state index in [-0.39, 0.29) is 10.8 Å². The lowest BCUT2D eigenvalue weighted by Gasteiger charge is -2.27. The number of halogens is 5. The number of nitrogens with zero attached hydrogens (tertiary/aromatic N) is 2. The lowest BCUT2D eigenvalue weighted by atomic mass is 10.0. The highest BCUT2D eigenvalue weighted by molar-refractivity contribution is 6.30. The van der Waals surface area contributed by atoms with Gasteiger partial charge in [0.1, 0.15) is 23.5 Å². The van der Waals surface area contributed by atoms with Gasteiger partial charge in [0.25, 0.3) is 5.91 Å². The summed E-state index contributed by atoms with van der Waals surface area (Å²) in [5, 5.41) is 7.13. The number of benzene rings is 3. The Hall–Kier alpha value is -3.59. The normalized spacial score (nSPS) is 13.5. The molecule has 4 aromatic rings. The highest BCUT2D eigenvalue weighted by Crippen LogP contribution is 2.31. The van der Waals surface area contributed by atoms with Crippen LogP contribution in [0.25, 0.3) is 16.6 Å². The van der Waals surface area contributed by atoms with Gasteiger partial charge in [-0.05, 0) is 67.1 Å². The summed E-state index contributed by atoms with van der Waals surface area (Å²) in [6, 6.07) is 13.8. The Morgan fingerprint density at radius 1 is 1.09 bits per heavy atom. The van der Waals surface area contributed by atoms with Gasteiger partial charge in [-0.25, -0.2) is 13.5 Å². The Bertz CT molecular complexity index is 1370. The molecule has 5 nitrogen and oxygen atoms in total. The van der Waals surface area contributed by atoms with Gasteiger partial charge in [-0.3, -0.25) is 4.79 Å². The minimum absolute atomic E-state index is 0.112. The maximum atomic E-state index is 14.2. The molecule has 0 aliphatic carbocycles. The van der Waals surface area contributed by atoms with Gasteiger partial charge in [-0.2, -0.15) is 13.9 Å². The molecular formula is C25H20ClF4N3O2. The van der Waals surface area contributed by atoms with Gasteiger partial charge < -0.3 is 10.1 Å². The van der Waals surface area contributed by atoms with Crippen molar-refractivity contribution in [2.24, 2.45) is 0 Å². The molecule has 10 heteroatoms. The fraction of sp³-hybridized carbons (Fsp3) is 0.200. The lowest BCUT2D eigenvalue weighted by Crippen LogP contribution is -2.46. The van der Waals surface area contributed by atoms with E-state index in [4.69, 9.17) is 16.3 Å². The minimum atomic E-state index is -3.60. The minimum Gasteiger partial charge on any atom is -0.484 e. The van der Waals surface area contributed by atoms with Crippen molar-refractivity contribution in [3.05, 3.63) is 89.1 Å². The lowest BCUT2D eigenvalue weighted by molar-refractivity contribution is -0.144. The van der Waals surface area contributed by atoms with Crippen molar-refractivity contribution in [3.63, 3.8) is 0 Å². The Morgan fingerprint density at radius 2 is 1.80 bits per heavy atom. The molecule has 0 saturated heterocycles. The first-order valence-corrected chi connectivity index (χ1v) is 10.9. The van der Waals surface area contributed by atoms with Crippen LogP contribution in [0.1, 0.15) is 25.5 Å². The van der Waals surface area contributed by atoms with Crippen molar-refractivity contribution in [1.29, 1.82) is 0 Å². The van der Waals surface area contributed by atoms with Crippen LogP contribution in [0.5, 0.6) is 5.75 Å². The molecule has 4 rings (SSSR count). The van der Waals surface area contributed by atoms with Crippen molar-refractivity contribution in [3.8, 4) is 11.4 Å². The first kappa shape index (κ1) is 24.5. The topological polar surface area (TPSA) is 56.1 Å². The van der Waals surface area contributed by atoms with Gasteiger partial charge in [-0.1, -0.05) is 17.7 Å². The van der Waals surface area contributed by atoms with E-state index in [9.17, 15) is 22.4 Å². The molecule has 0 spiro atoms. The van der Waals surface area contributed by atoms with E-state index in [0.717, 1.165) is 6.07 Å². The van der Waals surface area contributed by atoms with Gasteiger partial charge in [0.05, 0.1) is 28.5 Å². The van der Waals surface area contributed by atoms with Crippen LogP contribution in [0, 0.1) is 11.6 Å². The van der Waals surface area contributed by atoms with E-state index in [1.807, 2.05) is 0 Å². The second kappa shape index (κ2) is 9.58. The summed E-state index contributed by atoms with van der Waals surface area (Å²) in [7, 11) is 0. The zero-order chi connectivity index (χ0) is 25.3. The van der Waals surface area contributed by atoms with E-state index in [1.165, 1.54) is 31.2 Å². The monoisotopic (exact) mass is 505 g/mol. The van der Waals surface area contributed by atoms with Crippen LogP contribution >= 0.6 is 11.6 Å². The summed E-state index contributed by atoms with van der Waals surface area (Å²) in [6.07, 6.45) is 0.573. The third kappa shape index (κ3) is 5.40. The number of hydrogen-bond donors (Lipinski definition) is 1. The second-order valence-corrected chi connectivity index (χ2v) is 8.52. The third-order valence-corrected chi connectivity index (χ3v) is 5.66. The number of alkyl halides is 2. The maximum Gasteiger partial charge on any atom is 0.321 e. The van der Waals surface area contributed by atoms with Crippen LogP contribution in [0.4, 0.5) is 17.6 Å². The molecule has 1 amide bonds. The van der Waals surface area contributed by atoms with Crippen molar-refractivity contribution < 1.29 is 27.1 Å². The van der Waals surface area contributed by atoms with E-state index in [2.05, 4.69) is 10.4 Å². The average Bonchev–Trinajstić information content (AvgIpc) is 3.22. The number of hydrogen-bond acceptors (Lipinski definition) is 3. The zero-order valence-electron chi connectivity index (χ0n) is 18.6. The Kier molecular flexibility index (Phi) is 6.71. The number of aromatic nitrogens is 2. The molecule has 1 aromatic heterocycles. The van der Waals surface area contributed by atoms with Gasteiger partial charge in [0.2, 0.25) is 0 Å². The molecule has 0 unspecified atom stereocenters. The molecule has 2 atom stereocenters. The number of rotatable bonds is 7. The second-order valence-electron chi connectivity index (χ2n) is 8.12. The van der Waals surface area contributed by atoms with Gasteiger partial charge in [0.15, 0.2) is 0 Å². The van der Waals surface area contributed by atoms with Crippen LogP contribution in [0.15, 0.2) is 66.9 Å². The summed E-state index contributed by atoms with van der Waals surface area (Å²) >= 11 is 5.78. The van der Waals surface area contributed by atoms with Crippen LogP contribution < -0.4 is 10.1 Å². The van der Waals surface area contributed by atoms with E-state index >= 15 is 0 Å². The number of fused-ring (bicyclic) bond motifs is 1. The van der Waals surface area contributed by atoms with Crippen LogP contribution in [0.2, 0.25) is 5.02 Å². The SMILES string of the molecule is C[C@H](NC(=O)C(C)(F)F)[C@H](Oc1ccc2c(cnn2-c2ccc(F)cc2)c1)c1ccc(Cl)c(F)c1. The number of ether oxygens (including phenoxy) is 1. The van der Waals surface area contributed by atoms with E-state index in [1.54, 1.807) is 41.2 Å². The number of nitrogens with one attached hydrogen (secondary N) is 1. The van der Waals surface area contributed by atoms with Crippen molar-refractivity contribution >= 4 is 28.4 Å². The zero-order valence-corrected chi connectivity index (χ0v) is 19.4. The molecule has 0 aliphatic heterocycles. The molecule has 0 aliphatic rings. The fourth-order valence-electron chi connectivity index (χ4n) is 3.58. The largest absolute Gasteiger partial charge is 0.484 e. The highest BCUT2D eigenvalue weighted by atomic mass is 35.5. The van der Waals surface area contributed by atoms with E-state index in [0.29, 0.717) is 34.8 Å². The van der Waals surface area contributed by atoms with Crippen LogP contribution in [0.3, 0.4) is 0 Å². The summed E-state index contributed by atoms with van der Waals surface area (Å²) in [5.74, 6) is -5.83. The van der Waals surface area contributed by atoms with Crippen LogP contribution in [-0.4, -0.2) is 27.7 Å². The average molecular weight is 506 g/mol. The number of amides is 1. The van der Waals surface area contributed by atoms with Crippen molar-refractivity contribution in [2.45, 2.75) is 31.9 Å². The smallest absolute Gasteiger partial charge is 0.321 e. The molecule has 35 heavy (non-hydrogen) atoms. The molecular weight excluding hydrogens is 486 g/mol. The van der Waals surface area contributed by atoms with Crippen molar-refractivity contribution in [2.75, 3.05) is 0 Å².